The number of ether oxygens (including phenoxy) is 2. The molecule has 132 valence electrons. The van der Waals surface area contributed by atoms with E-state index in [-0.39, 0.29) is 24.1 Å². The van der Waals surface area contributed by atoms with Crippen molar-refractivity contribution in [3.8, 4) is 0 Å². The molecule has 0 unspecified atom stereocenters. The third-order valence-corrected chi connectivity index (χ3v) is 3.90. The van der Waals surface area contributed by atoms with Gasteiger partial charge in [-0.25, -0.2) is 9.59 Å². The van der Waals surface area contributed by atoms with Crippen LogP contribution in [-0.4, -0.2) is 41.3 Å². The molecule has 0 aromatic rings. The van der Waals surface area contributed by atoms with Gasteiger partial charge in [0, 0.05) is 18.2 Å². The Balaban J connectivity index is 2.58. The Morgan fingerprint density at radius 3 is 2.39 bits per heavy atom. The molecule has 2 atom stereocenters. The molecule has 0 N–H and O–H groups in total. The van der Waals surface area contributed by atoms with Crippen LogP contribution >= 0.6 is 0 Å². The van der Waals surface area contributed by atoms with Crippen molar-refractivity contribution in [1.29, 1.82) is 0 Å². The quantitative estimate of drug-likeness (QED) is 0.546. The lowest BCUT2D eigenvalue weighted by Gasteiger charge is -2.32. The largest absolute Gasteiger partial charge is 0.463 e. The lowest BCUT2D eigenvalue weighted by atomic mass is 10.1. The molecular weight excluding hydrogens is 294 g/mol. The number of carbonyl (C=O) groups excluding carboxylic acids is 2. The van der Waals surface area contributed by atoms with E-state index in [2.05, 4.69) is 6.92 Å². The smallest absolute Gasteiger partial charge is 0.410 e. The average molecular weight is 325 g/mol. The first-order chi connectivity index (χ1) is 10.8. The van der Waals surface area contributed by atoms with Gasteiger partial charge in [0.25, 0.3) is 0 Å². The normalized spacial score (nSPS) is 21.7. The molecular formula is C18H31NO4. The maximum Gasteiger partial charge on any atom is 0.410 e. The van der Waals surface area contributed by atoms with Crippen LogP contribution in [0.15, 0.2) is 12.2 Å². The zero-order valence-electron chi connectivity index (χ0n) is 15.1. The van der Waals surface area contributed by atoms with Crippen molar-refractivity contribution in [3.63, 3.8) is 0 Å². The number of hydrogen-bond acceptors (Lipinski definition) is 4. The number of likely N-dealkylation sites (tertiary alicyclic amines) is 1. The first kappa shape index (κ1) is 19.5. The number of allylic oxidation sites excluding steroid dienone is 1. The summed E-state index contributed by atoms with van der Waals surface area (Å²) in [6.07, 6.45) is 7.60. The van der Waals surface area contributed by atoms with Crippen molar-refractivity contribution in [3.05, 3.63) is 12.2 Å². The van der Waals surface area contributed by atoms with E-state index < -0.39 is 5.60 Å². The Labute approximate surface area is 140 Å². The zero-order chi connectivity index (χ0) is 17.5. The van der Waals surface area contributed by atoms with Crippen LogP contribution in [0, 0.1) is 0 Å². The summed E-state index contributed by atoms with van der Waals surface area (Å²) in [5.74, 6) is -0.311. The number of hydrogen-bond donors (Lipinski definition) is 0. The average Bonchev–Trinajstić information content (AvgIpc) is 2.85. The third-order valence-electron chi connectivity index (χ3n) is 3.90. The fourth-order valence-electron chi connectivity index (χ4n) is 2.92. The van der Waals surface area contributed by atoms with Crippen LogP contribution in [0.4, 0.5) is 4.79 Å². The highest BCUT2D eigenvalue weighted by Gasteiger charge is 2.37. The molecule has 0 aromatic heterocycles. The summed E-state index contributed by atoms with van der Waals surface area (Å²) >= 11 is 0. The third kappa shape index (κ3) is 6.63. The van der Waals surface area contributed by atoms with E-state index in [1.165, 1.54) is 6.08 Å². The van der Waals surface area contributed by atoms with Crippen LogP contribution in [0.5, 0.6) is 0 Å². The molecule has 1 aliphatic heterocycles. The summed E-state index contributed by atoms with van der Waals surface area (Å²) in [4.78, 5) is 25.7. The Bertz CT molecular complexity index is 425. The molecule has 0 saturated carbocycles. The summed E-state index contributed by atoms with van der Waals surface area (Å²) < 4.78 is 10.4. The molecule has 1 fully saturated rings. The maximum absolute atomic E-state index is 12.5. The molecule has 5 nitrogen and oxygen atoms in total. The minimum Gasteiger partial charge on any atom is -0.463 e. The van der Waals surface area contributed by atoms with Gasteiger partial charge in [0.15, 0.2) is 0 Å². The second-order valence-corrected chi connectivity index (χ2v) is 6.91. The van der Waals surface area contributed by atoms with E-state index in [4.69, 9.17) is 9.47 Å². The van der Waals surface area contributed by atoms with Crippen molar-refractivity contribution in [1.82, 2.24) is 4.90 Å². The lowest BCUT2D eigenvalue weighted by Crippen LogP contribution is -2.44. The highest BCUT2D eigenvalue weighted by Crippen LogP contribution is 2.30. The molecule has 1 saturated heterocycles. The molecule has 1 aliphatic rings. The topological polar surface area (TPSA) is 55.8 Å². The number of carbonyl (C=O) groups is 2. The highest BCUT2D eigenvalue weighted by atomic mass is 16.6. The van der Waals surface area contributed by atoms with Gasteiger partial charge in [-0.1, -0.05) is 13.0 Å². The summed E-state index contributed by atoms with van der Waals surface area (Å²) in [5, 5.41) is 0. The van der Waals surface area contributed by atoms with E-state index >= 15 is 0 Å². The lowest BCUT2D eigenvalue weighted by molar-refractivity contribution is -0.137. The van der Waals surface area contributed by atoms with Gasteiger partial charge >= 0.3 is 12.1 Å². The second kappa shape index (κ2) is 8.94. The summed E-state index contributed by atoms with van der Waals surface area (Å²) in [7, 11) is 0. The van der Waals surface area contributed by atoms with Crippen LogP contribution in [0.2, 0.25) is 0 Å². The van der Waals surface area contributed by atoms with Gasteiger partial charge in [-0.05, 0) is 59.8 Å². The molecule has 1 amide bonds. The standard InChI is InChI=1S/C18H31NO4/c1-6-14-12-13-15(10-8-9-11-16(20)22-7-2)19(14)17(21)23-18(3,4)5/h9,11,14-15H,6-8,10,12-13H2,1-5H3/b11-9+/t14-,15+/m0/s1. The molecule has 0 aliphatic carbocycles. The van der Waals surface area contributed by atoms with Crippen molar-refractivity contribution in [2.24, 2.45) is 0 Å². The van der Waals surface area contributed by atoms with Gasteiger partial charge in [-0.2, -0.15) is 0 Å². The zero-order valence-corrected chi connectivity index (χ0v) is 15.1. The minimum absolute atomic E-state index is 0.182. The molecule has 0 aromatic carbocycles. The van der Waals surface area contributed by atoms with Crippen LogP contribution in [0.1, 0.15) is 66.7 Å². The molecule has 1 heterocycles. The SMILES string of the molecule is CCOC(=O)/C=C/CC[C@@H]1CC[C@H](CC)N1C(=O)OC(C)(C)C. The first-order valence-electron chi connectivity index (χ1n) is 8.63. The number of nitrogens with zero attached hydrogens (tertiary/aromatic N) is 1. The van der Waals surface area contributed by atoms with Gasteiger partial charge < -0.3 is 14.4 Å². The maximum atomic E-state index is 12.5. The summed E-state index contributed by atoms with van der Waals surface area (Å²) in [5.41, 5.74) is -0.480. The first-order valence-corrected chi connectivity index (χ1v) is 8.63. The summed E-state index contributed by atoms with van der Waals surface area (Å²) in [6.45, 7) is 9.94. The van der Waals surface area contributed by atoms with E-state index in [9.17, 15) is 9.59 Å². The van der Waals surface area contributed by atoms with Gasteiger partial charge in [0.1, 0.15) is 5.60 Å². The van der Waals surface area contributed by atoms with Gasteiger partial charge in [0.2, 0.25) is 0 Å². The second-order valence-electron chi connectivity index (χ2n) is 6.91. The molecule has 1 rings (SSSR count). The Morgan fingerprint density at radius 1 is 1.17 bits per heavy atom. The van der Waals surface area contributed by atoms with Gasteiger partial charge in [-0.3, -0.25) is 0 Å². The Morgan fingerprint density at radius 2 is 1.83 bits per heavy atom. The molecule has 0 radical (unpaired) electrons. The van der Waals surface area contributed by atoms with E-state index in [0.717, 1.165) is 32.1 Å². The predicted octanol–water partition coefficient (Wildman–Crippen LogP) is 4.06. The highest BCUT2D eigenvalue weighted by molar-refractivity contribution is 5.81. The molecule has 5 heteroatoms. The van der Waals surface area contributed by atoms with Crippen LogP contribution < -0.4 is 0 Å². The number of rotatable bonds is 6. The van der Waals surface area contributed by atoms with Gasteiger partial charge in [-0.15, -0.1) is 0 Å². The molecule has 0 spiro atoms. The van der Waals surface area contributed by atoms with E-state index in [1.807, 2.05) is 31.7 Å². The van der Waals surface area contributed by atoms with Crippen molar-refractivity contribution in [2.75, 3.05) is 6.61 Å². The Hall–Kier alpha value is -1.52. The van der Waals surface area contributed by atoms with Gasteiger partial charge in [0.05, 0.1) is 6.61 Å². The van der Waals surface area contributed by atoms with Crippen LogP contribution in [-0.2, 0) is 14.3 Å². The fourth-order valence-corrected chi connectivity index (χ4v) is 2.92. The Kier molecular flexibility index (Phi) is 7.59. The van der Waals surface area contributed by atoms with E-state index in [1.54, 1.807) is 6.92 Å². The monoisotopic (exact) mass is 325 g/mol. The van der Waals surface area contributed by atoms with Crippen LogP contribution in [0.3, 0.4) is 0 Å². The number of amides is 1. The van der Waals surface area contributed by atoms with Crippen LogP contribution in [0.25, 0.3) is 0 Å². The molecule has 0 bridgehead atoms. The summed E-state index contributed by atoms with van der Waals surface area (Å²) in [6, 6.07) is 0.436. The minimum atomic E-state index is -0.480. The van der Waals surface area contributed by atoms with Crippen molar-refractivity contribution >= 4 is 12.1 Å². The molecule has 23 heavy (non-hydrogen) atoms. The predicted molar refractivity (Wildman–Crippen MR) is 90.2 cm³/mol. The van der Waals surface area contributed by atoms with E-state index in [0.29, 0.717) is 6.61 Å². The fraction of sp³-hybridized carbons (Fsp3) is 0.778. The van der Waals surface area contributed by atoms with Crippen molar-refractivity contribution < 1.29 is 19.1 Å². The van der Waals surface area contributed by atoms with Crippen molar-refractivity contribution in [2.45, 2.75) is 84.4 Å². The number of esters is 1.